The second-order valence-corrected chi connectivity index (χ2v) is 10.0. The molecule has 4 aromatic rings. The summed E-state index contributed by atoms with van der Waals surface area (Å²) in [7, 11) is 0. The summed E-state index contributed by atoms with van der Waals surface area (Å²) >= 11 is 0. The predicted molar refractivity (Wildman–Crippen MR) is 137 cm³/mol. The minimum atomic E-state index is 0. The van der Waals surface area contributed by atoms with Gasteiger partial charge in [-0.15, -0.1) is 70.8 Å². The summed E-state index contributed by atoms with van der Waals surface area (Å²) in [6.45, 7) is 9.47. The molecule has 5 rings (SSSR count). The van der Waals surface area contributed by atoms with E-state index in [1.807, 2.05) is 60.8 Å². The summed E-state index contributed by atoms with van der Waals surface area (Å²) in [6.07, 6.45) is 7.42. The Kier molecular flexibility index (Phi) is 8.57. The van der Waals surface area contributed by atoms with Crippen LogP contribution < -0.4 is 0 Å². The number of aromatic nitrogens is 2. The van der Waals surface area contributed by atoms with Gasteiger partial charge in [-0.05, 0) is 40.8 Å². The Hall–Kier alpha value is -2.61. The Morgan fingerprint density at radius 1 is 0.676 bits per heavy atom. The fraction of sp³-hybridized carbons (Fsp3) is 0.290. The van der Waals surface area contributed by atoms with Gasteiger partial charge in [-0.3, -0.25) is 0 Å². The molecule has 0 saturated carbocycles. The first-order valence-corrected chi connectivity index (χ1v) is 11.7. The van der Waals surface area contributed by atoms with Crippen LogP contribution >= 0.6 is 0 Å². The first kappa shape index (κ1) is 26.0. The zero-order valence-corrected chi connectivity index (χ0v) is 22.8. The summed E-state index contributed by atoms with van der Waals surface area (Å²) < 4.78 is 0. The average molecular weight is 625 g/mol. The Labute approximate surface area is 218 Å². The van der Waals surface area contributed by atoms with Crippen LogP contribution in [-0.4, -0.2) is 9.97 Å². The van der Waals surface area contributed by atoms with Crippen LogP contribution in [0.5, 0.6) is 0 Å². The van der Waals surface area contributed by atoms with E-state index in [1.165, 1.54) is 30.4 Å². The van der Waals surface area contributed by atoms with E-state index in [2.05, 4.69) is 68.0 Å². The van der Waals surface area contributed by atoms with Gasteiger partial charge in [-0.1, -0.05) is 64.8 Å². The topological polar surface area (TPSA) is 25.8 Å². The van der Waals surface area contributed by atoms with E-state index in [1.54, 1.807) is 6.20 Å². The molecule has 0 atom stereocenters. The quantitative estimate of drug-likeness (QED) is 0.168. The standard InChI is InChI=1S/C20H24N.C11H8N.Ir/c1-19(2)11-7-12-20(3,4)17-14-15(9-10-16(17)19)18-8-5-6-13-21-18;1-2-6-10(7-3-1)11-8-4-5-9-12-11;/h5-6,8,10,13-14H,7,11-12H2,1-4H3;1-6,8-9H;/q2*-1;. The van der Waals surface area contributed by atoms with Gasteiger partial charge in [0.15, 0.2) is 0 Å². The third kappa shape index (κ3) is 6.09. The van der Waals surface area contributed by atoms with Gasteiger partial charge in [0.1, 0.15) is 0 Å². The molecular formula is C31H32IrN2-2. The van der Waals surface area contributed by atoms with Crippen LogP contribution in [0.25, 0.3) is 22.5 Å². The summed E-state index contributed by atoms with van der Waals surface area (Å²) in [4.78, 5) is 8.69. The maximum Gasteiger partial charge on any atom is 0.0160 e. The first-order chi connectivity index (χ1) is 15.9. The molecule has 0 aliphatic heterocycles. The van der Waals surface area contributed by atoms with Crippen molar-refractivity contribution in [3.8, 4) is 22.5 Å². The fourth-order valence-electron chi connectivity index (χ4n) is 4.60. The number of fused-ring (bicyclic) bond motifs is 1. The Balaban J connectivity index is 0.000000212. The molecule has 2 nitrogen and oxygen atoms in total. The van der Waals surface area contributed by atoms with Crippen molar-refractivity contribution in [1.82, 2.24) is 9.97 Å². The van der Waals surface area contributed by atoms with Crippen LogP contribution in [-0.2, 0) is 30.9 Å². The van der Waals surface area contributed by atoms with Crippen LogP contribution in [0.2, 0.25) is 0 Å². The van der Waals surface area contributed by atoms with Gasteiger partial charge in [0.2, 0.25) is 0 Å². The van der Waals surface area contributed by atoms with E-state index in [9.17, 15) is 0 Å². The Bertz CT molecular complexity index is 1130. The molecule has 1 radical (unpaired) electrons. The number of rotatable bonds is 2. The van der Waals surface area contributed by atoms with Crippen LogP contribution in [0.4, 0.5) is 0 Å². The SMILES string of the molecule is CC1(C)CCCC(C)(C)c2cc(-c3ccccn3)[c-]cc21.[Ir].[c-]1ccccc1-c1ccccn1. The molecule has 2 aromatic heterocycles. The van der Waals surface area contributed by atoms with E-state index in [4.69, 9.17) is 0 Å². The van der Waals surface area contributed by atoms with Crippen molar-refractivity contribution in [1.29, 1.82) is 0 Å². The molecule has 0 saturated heterocycles. The smallest absolute Gasteiger partial charge is 0.0160 e. The van der Waals surface area contributed by atoms with E-state index >= 15 is 0 Å². The monoisotopic (exact) mass is 625 g/mol. The Morgan fingerprint density at radius 2 is 1.26 bits per heavy atom. The minimum absolute atomic E-state index is 0. The molecule has 0 spiro atoms. The van der Waals surface area contributed by atoms with Crippen molar-refractivity contribution >= 4 is 0 Å². The van der Waals surface area contributed by atoms with Crippen molar-refractivity contribution in [2.45, 2.75) is 57.8 Å². The maximum atomic E-state index is 4.47. The average Bonchev–Trinajstić information content (AvgIpc) is 2.94. The minimum Gasteiger partial charge on any atom is -0.305 e. The molecular weight excluding hydrogens is 593 g/mol. The summed E-state index contributed by atoms with van der Waals surface area (Å²) in [5.74, 6) is 0. The fourth-order valence-corrected chi connectivity index (χ4v) is 4.60. The molecule has 2 heterocycles. The van der Waals surface area contributed by atoms with Crippen LogP contribution in [0.1, 0.15) is 58.1 Å². The second-order valence-electron chi connectivity index (χ2n) is 10.0. The number of nitrogens with zero attached hydrogens (tertiary/aromatic N) is 2. The second kappa shape index (κ2) is 11.2. The molecule has 1 aliphatic rings. The maximum absolute atomic E-state index is 4.47. The van der Waals surface area contributed by atoms with Crippen LogP contribution in [0, 0.1) is 12.1 Å². The van der Waals surface area contributed by atoms with E-state index in [0.29, 0.717) is 0 Å². The van der Waals surface area contributed by atoms with Gasteiger partial charge in [0.05, 0.1) is 0 Å². The van der Waals surface area contributed by atoms with Crippen molar-refractivity contribution in [2.75, 3.05) is 0 Å². The zero-order valence-electron chi connectivity index (χ0n) is 20.4. The van der Waals surface area contributed by atoms with E-state index in [-0.39, 0.29) is 30.9 Å². The van der Waals surface area contributed by atoms with Crippen molar-refractivity contribution in [3.05, 3.63) is 108 Å². The molecule has 34 heavy (non-hydrogen) atoms. The van der Waals surface area contributed by atoms with Gasteiger partial charge in [-0.25, -0.2) is 0 Å². The molecule has 2 aromatic carbocycles. The molecule has 0 fully saturated rings. The number of pyridine rings is 2. The first-order valence-electron chi connectivity index (χ1n) is 11.7. The van der Waals surface area contributed by atoms with Crippen LogP contribution in [0.3, 0.4) is 0 Å². The molecule has 3 heteroatoms. The van der Waals surface area contributed by atoms with Crippen LogP contribution in [0.15, 0.2) is 85.2 Å². The summed E-state index contributed by atoms with van der Waals surface area (Å²) in [5, 5.41) is 0. The number of hydrogen-bond donors (Lipinski definition) is 0. The molecule has 0 N–H and O–H groups in total. The van der Waals surface area contributed by atoms with Crippen molar-refractivity contribution in [3.63, 3.8) is 0 Å². The largest absolute Gasteiger partial charge is 0.305 e. The number of hydrogen-bond acceptors (Lipinski definition) is 2. The third-order valence-corrected chi connectivity index (χ3v) is 6.60. The van der Waals surface area contributed by atoms with Crippen molar-refractivity contribution < 1.29 is 20.1 Å². The number of benzene rings is 2. The van der Waals surface area contributed by atoms with Gasteiger partial charge >= 0.3 is 0 Å². The Morgan fingerprint density at radius 3 is 1.82 bits per heavy atom. The molecule has 1 aliphatic carbocycles. The van der Waals surface area contributed by atoms with Crippen molar-refractivity contribution in [2.24, 2.45) is 0 Å². The zero-order chi connectivity index (χ0) is 23.3. The molecule has 0 amide bonds. The van der Waals surface area contributed by atoms with E-state index < -0.39 is 0 Å². The molecule has 0 unspecified atom stereocenters. The van der Waals surface area contributed by atoms with Gasteiger partial charge in [-0.2, -0.15) is 0 Å². The van der Waals surface area contributed by atoms with E-state index in [0.717, 1.165) is 22.5 Å². The summed E-state index contributed by atoms with van der Waals surface area (Å²) in [5.41, 5.74) is 7.54. The third-order valence-electron chi connectivity index (χ3n) is 6.60. The van der Waals surface area contributed by atoms with Gasteiger partial charge < -0.3 is 9.97 Å². The molecule has 0 bridgehead atoms. The molecule has 177 valence electrons. The van der Waals surface area contributed by atoms with Gasteiger partial charge in [0, 0.05) is 32.5 Å². The summed E-state index contributed by atoms with van der Waals surface area (Å²) in [6, 6.07) is 30.9. The predicted octanol–water partition coefficient (Wildman–Crippen LogP) is 7.83. The van der Waals surface area contributed by atoms with Gasteiger partial charge in [0.25, 0.3) is 0 Å². The normalized spacial score (nSPS) is 15.5.